The first-order valence-corrected chi connectivity index (χ1v) is 9.30. The number of hydrogen-bond acceptors (Lipinski definition) is 5. The number of thioether (sulfide) groups is 1. The summed E-state index contributed by atoms with van der Waals surface area (Å²) in [6.07, 6.45) is 3.32. The molecule has 1 aliphatic rings. The van der Waals surface area contributed by atoms with Crippen LogP contribution in [0, 0.1) is 0 Å². The Kier molecular flexibility index (Phi) is 5.60. The molecule has 1 aromatic heterocycles. The minimum atomic E-state index is -0.0839. The van der Waals surface area contributed by atoms with Crippen LogP contribution in [0.2, 0.25) is 0 Å². The zero-order chi connectivity index (χ0) is 15.9. The number of benzene rings is 1. The molecule has 120 valence electrons. The number of ether oxygens (including phenoxy) is 2. The summed E-state index contributed by atoms with van der Waals surface area (Å²) < 4.78 is 10.6. The third-order valence-corrected chi connectivity index (χ3v) is 5.26. The fourth-order valence-corrected chi connectivity index (χ4v) is 3.76. The maximum absolute atomic E-state index is 11.8. The molecule has 2 aromatic rings. The second-order valence-corrected chi connectivity index (χ2v) is 7.01. The normalized spacial score (nSPS) is 12.7. The summed E-state index contributed by atoms with van der Waals surface area (Å²) in [5.41, 5.74) is 0.913. The minimum absolute atomic E-state index is 0.0839. The van der Waals surface area contributed by atoms with Crippen molar-refractivity contribution in [1.82, 2.24) is 5.32 Å². The van der Waals surface area contributed by atoms with E-state index in [9.17, 15) is 4.79 Å². The van der Waals surface area contributed by atoms with Crippen LogP contribution in [0.5, 0.6) is 11.5 Å². The smallest absolute Gasteiger partial charge is 0.244 e. The summed E-state index contributed by atoms with van der Waals surface area (Å²) in [5.74, 6) is 3.29. The topological polar surface area (TPSA) is 47.6 Å². The van der Waals surface area contributed by atoms with Crippen LogP contribution in [0.1, 0.15) is 10.4 Å². The van der Waals surface area contributed by atoms with Crippen LogP contribution < -0.4 is 14.8 Å². The third kappa shape index (κ3) is 4.77. The largest absolute Gasteiger partial charge is 0.454 e. The monoisotopic (exact) mass is 347 g/mol. The number of fused-ring (bicyclic) bond motifs is 1. The Morgan fingerprint density at radius 3 is 3.09 bits per heavy atom. The molecule has 23 heavy (non-hydrogen) atoms. The highest BCUT2D eigenvalue weighted by Gasteiger charge is 2.12. The van der Waals surface area contributed by atoms with Crippen molar-refractivity contribution in [3.05, 3.63) is 52.2 Å². The van der Waals surface area contributed by atoms with Gasteiger partial charge in [0.15, 0.2) is 11.5 Å². The van der Waals surface area contributed by atoms with Crippen molar-refractivity contribution in [3.63, 3.8) is 0 Å². The van der Waals surface area contributed by atoms with Gasteiger partial charge in [0, 0.05) is 29.0 Å². The van der Waals surface area contributed by atoms with E-state index in [1.807, 2.05) is 30.0 Å². The first-order valence-electron chi connectivity index (χ1n) is 7.27. The molecule has 0 aliphatic carbocycles. The Hall–Kier alpha value is -1.92. The molecular formula is C17H17NO3S2. The van der Waals surface area contributed by atoms with E-state index in [0.717, 1.165) is 28.6 Å². The van der Waals surface area contributed by atoms with Crippen molar-refractivity contribution >= 4 is 35.1 Å². The second kappa shape index (κ2) is 8.08. The van der Waals surface area contributed by atoms with Gasteiger partial charge >= 0.3 is 0 Å². The molecule has 1 N–H and O–H groups in total. The lowest BCUT2D eigenvalue weighted by atomic mass is 10.2. The lowest BCUT2D eigenvalue weighted by Crippen LogP contribution is -2.23. The molecule has 0 atom stereocenters. The molecule has 2 heterocycles. The molecule has 1 aromatic carbocycles. The number of thiophene rings is 1. The van der Waals surface area contributed by atoms with Gasteiger partial charge in [0.05, 0.1) is 0 Å². The molecule has 0 radical (unpaired) electrons. The molecule has 6 heteroatoms. The first kappa shape index (κ1) is 16.0. The fraction of sp³-hybridized carbons (Fsp3) is 0.235. The standard InChI is InChI=1S/C17H17NO3S2/c19-17(18-7-9-22-11-14-2-1-8-23-14)6-4-13-3-5-15-16(10-13)21-12-20-15/h1-6,8,10H,7,9,11-12H2,(H,18,19)/b6-4+. The Bertz CT molecular complexity index is 683. The average Bonchev–Trinajstić information content (AvgIpc) is 3.23. The molecule has 0 unspecified atom stereocenters. The summed E-state index contributed by atoms with van der Waals surface area (Å²) in [5, 5.41) is 4.97. The lowest BCUT2D eigenvalue weighted by Gasteiger charge is -2.02. The van der Waals surface area contributed by atoms with Gasteiger partial charge in [0.1, 0.15) is 0 Å². The van der Waals surface area contributed by atoms with E-state index in [1.54, 1.807) is 23.5 Å². The Morgan fingerprint density at radius 1 is 1.30 bits per heavy atom. The molecule has 1 aliphatic heterocycles. The zero-order valence-electron chi connectivity index (χ0n) is 12.5. The van der Waals surface area contributed by atoms with E-state index in [0.29, 0.717) is 6.54 Å². The van der Waals surface area contributed by atoms with Crippen molar-refractivity contribution < 1.29 is 14.3 Å². The molecule has 3 rings (SSSR count). The highest BCUT2D eigenvalue weighted by Crippen LogP contribution is 2.32. The fourth-order valence-electron chi connectivity index (χ4n) is 2.06. The predicted octanol–water partition coefficient (Wildman–Crippen LogP) is 3.54. The van der Waals surface area contributed by atoms with Crippen LogP contribution in [0.15, 0.2) is 41.8 Å². The van der Waals surface area contributed by atoms with E-state index in [-0.39, 0.29) is 12.7 Å². The van der Waals surface area contributed by atoms with Crippen LogP contribution in [0.3, 0.4) is 0 Å². The predicted molar refractivity (Wildman–Crippen MR) is 95.1 cm³/mol. The molecule has 4 nitrogen and oxygen atoms in total. The third-order valence-electron chi connectivity index (χ3n) is 3.19. The van der Waals surface area contributed by atoms with Gasteiger partial charge in [-0.1, -0.05) is 12.1 Å². The van der Waals surface area contributed by atoms with Crippen molar-refractivity contribution in [2.45, 2.75) is 5.75 Å². The maximum atomic E-state index is 11.8. The Morgan fingerprint density at radius 2 is 2.22 bits per heavy atom. The number of rotatable bonds is 7. The Balaban J connectivity index is 1.37. The quantitative estimate of drug-likeness (QED) is 0.615. The van der Waals surface area contributed by atoms with Gasteiger partial charge < -0.3 is 14.8 Å². The van der Waals surface area contributed by atoms with Crippen LogP contribution in [0.4, 0.5) is 0 Å². The molecule has 0 fully saturated rings. The lowest BCUT2D eigenvalue weighted by molar-refractivity contribution is -0.116. The molecule has 0 saturated carbocycles. The van der Waals surface area contributed by atoms with Gasteiger partial charge in [-0.3, -0.25) is 4.79 Å². The van der Waals surface area contributed by atoms with E-state index >= 15 is 0 Å². The van der Waals surface area contributed by atoms with Crippen LogP contribution in [-0.4, -0.2) is 25.0 Å². The van der Waals surface area contributed by atoms with E-state index in [4.69, 9.17) is 9.47 Å². The van der Waals surface area contributed by atoms with Crippen molar-refractivity contribution in [1.29, 1.82) is 0 Å². The van der Waals surface area contributed by atoms with Crippen LogP contribution in [-0.2, 0) is 10.5 Å². The maximum Gasteiger partial charge on any atom is 0.244 e. The van der Waals surface area contributed by atoms with E-state index in [1.165, 1.54) is 4.88 Å². The molecule has 1 amide bonds. The highest BCUT2D eigenvalue weighted by molar-refractivity contribution is 7.98. The second-order valence-electron chi connectivity index (χ2n) is 4.87. The van der Waals surface area contributed by atoms with E-state index in [2.05, 4.69) is 22.8 Å². The van der Waals surface area contributed by atoms with Crippen LogP contribution in [0.25, 0.3) is 6.08 Å². The highest BCUT2D eigenvalue weighted by atomic mass is 32.2. The number of nitrogens with one attached hydrogen (secondary N) is 1. The molecule has 0 bridgehead atoms. The van der Waals surface area contributed by atoms with Crippen molar-refractivity contribution in [2.75, 3.05) is 19.1 Å². The summed E-state index contributed by atoms with van der Waals surface area (Å²) in [7, 11) is 0. The average molecular weight is 347 g/mol. The molecule has 0 saturated heterocycles. The first-order chi connectivity index (χ1) is 11.3. The SMILES string of the molecule is O=C(/C=C/c1ccc2c(c1)OCO2)NCCSCc1cccs1. The Labute approximate surface area is 143 Å². The number of carbonyl (C=O) groups excluding carboxylic acids is 1. The van der Waals surface area contributed by atoms with Crippen LogP contribution >= 0.6 is 23.1 Å². The van der Waals surface area contributed by atoms with Gasteiger partial charge in [0.2, 0.25) is 12.7 Å². The minimum Gasteiger partial charge on any atom is -0.454 e. The van der Waals surface area contributed by atoms with Gasteiger partial charge in [-0.15, -0.1) is 11.3 Å². The van der Waals surface area contributed by atoms with Crippen molar-refractivity contribution in [2.24, 2.45) is 0 Å². The molecule has 0 spiro atoms. The number of amides is 1. The van der Waals surface area contributed by atoms with Gasteiger partial charge in [-0.2, -0.15) is 11.8 Å². The van der Waals surface area contributed by atoms with Gasteiger partial charge in [-0.25, -0.2) is 0 Å². The van der Waals surface area contributed by atoms with E-state index < -0.39 is 0 Å². The molecular weight excluding hydrogens is 330 g/mol. The summed E-state index contributed by atoms with van der Waals surface area (Å²) >= 11 is 3.58. The summed E-state index contributed by atoms with van der Waals surface area (Å²) in [4.78, 5) is 13.1. The van der Waals surface area contributed by atoms with Crippen molar-refractivity contribution in [3.8, 4) is 11.5 Å². The number of carbonyl (C=O) groups is 1. The summed E-state index contributed by atoms with van der Waals surface area (Å²) in [6, 6.07) is 9.80. The van der Waals surface area contributed by atoms with Gasteiger partial charge in [0.25, 0.3) is 0 Å². The summed E-state index contributed by atoms with van der Waals surface area (Å²) in [6.45, 7) is 0.923. The van der Waals surface area contributed by atoms with Gasteiger partial charge in [-0.05, 0) is 35.2 Å². The zero-order valence-corrected chi connectivity index (χ0v) is 14.1. The number of hydrogen-bond donors (Lipinski definition) is 1.